The number of hydrogen-bond acceptors (Lipinski definition) is 1. The zero-order chi connectivity index (χ0) is 17.8. The Bertz CT molecular complexity index is 244. The Labute approximate surface area is 160 Å². The summed E-state index contributed by atoms with van der Waals surface area (Å²) < 4.78 is 0. The van der Waals surface area contributed by atoms with Crippen LogP contribution >= 0.6 is 0 Å². The number of hydrogen-bond donors (Lipinski definition) is 1. The summed E-state index contributed by atoms with van der Waals surface area (Å²) in [4.78, 5) is 0. The molecular formula is C24H49N. The lowest BCUT2D eigenvalue weighted by atomic mass is 9.89. The number of rotatable bonds is 18. The van der Waals surface area contributed by atoms with Crippen LogP contribution in [-0.2, 0) is 0 Å². The van der Waals surface area contributed by atoms with E-state index in [0.717, 1.165) is 5.92 Å². The lowest BCUT2D eigenvalue weighted by molar-refractivity contribution is 0.341. The molecular weight excluding hydrogens is 302 g/mol. The normalized spacial score (nSPS) is 15.7. The average molecular weight is 352 g/mol. The van der Waals surface area contributed by atoms with Crippen molar-refractivity contribution in [2.75, 3.05) is 13.1 Å². The Balaban J connectivity index is 1.65. The summed E-state index contributed by atoms with van der Waals surface area (Å²) in [5.74, 6) is 0.991. The molecule has 1 heteroatoms. The molecule has 0 aromatic carbocycles. The van der Waals surface area contributed by atoms with Crippen LogP contribution in [0.25, 0.3) is 0 Å². The predicted octanol–water partition coefficient (Wildman–Crippen LogP) is 8.03. The van der Waals surface area contributed by atoms with Crippen LogP contribution in [0.4, 0.5) is 0 Å². The fraction of sp³-hybridized carbons (Fsp3) is 1.00. The molecule has 0 spiro atoms. The third-order valence-electron chi connectivity index (χ3n) is 6.11. The SMILES string of the molecule is CCCCCCCCCCCCCCCCCNCC1CCCCC1. The van der Waals surface area contributed by atoms with E-state index in [9.17, 15) is 0 Å². The van der Waals surface area contributed by atoms with Crippen LogP contribution in [0.3, 0.4) is 0 Å². The molecule has 0 aliphatic heterocycles. The minimum Gasteiger partial charge on any atom is -0.316 e. The molecule has 0 aromatic heterocycles. The molecule has 0 heterocycles. The van der Waals surface area contributed by atoms with Gasteiger partial charge >= 0.3 is 0 Å². The minimum absolute atomic E-state index is 0.991. The van der Waals surface area contributed by atoms with Crippen molar-refractivity contribution in [2.24, 2.45) is 5.92 Å². The maximum Gasteiger partial charge on any atom is -0.00205 e. The molecule has 0 amide bonds. The van der Waals surface area contributed by atoms with Gasteiger partial charge in [0.15, 0.2) is 0 Å². The van der Waals surface area contributed by atoms with Crippen molar-refractivity contribution in [2.45, 2.75) is 135 Å². The van der Waals surface area contributed by atoms with Gasteiger partial charge in [0.1, 0.15) is 0 Å². The first-order chi connectivity index (χ1) is 12.4. The van der Waals surface area contributed by atoms with Crippen molar-refractivity contribution >= 4 is 0 Å². The zero-order valence-corrected chi connectivity index (χ0v) is 17.6. The third-order valence-corrected chi connectivity index (χ3v) is 6.11. The Hall–Kier alpha value is -0.0400. The standard InChI is InChI=1S/C24H49N/c1-2-3-4-5-6-7-8-9-10-11-12-13-14-15-19-22-25-23-24-20-17-16-18-21-24/h24-25H,2-23H2,1H3. The first-order valence-corrected chi connectivity index (χ1v) is 12.1. The van der Waals surface area contributed by atoms with E-state index in [-0.39, 0.29) is 0 Å². The minimum atomic E-state index is 0.991. The largest absolute Gasteiger partial charge is 0.316 e. The van der Waals surface area contributed by atoms with E-state index in [1.807, 2.05) is 0 Å². The van der Waals surface area contributed by atoms with Crippen LogP contribution in [0.15, 0.2) is 0 Å². The smallest absolute Gasteiger partial charge is 0.00205 e. The lowest BCUT2D eigenvalue weighted by Gasteiger charge is -2.21. The van der Waals surface area contributed by atoms with Crippen molar-refractivity contribution in [1.29, 1.82) is 0 Å². The monoisotopic (exact) mass is 351 g/mol. The number of unbranched alkanes of at least 4 members (excludes halogenated alkanes) is 14. The second kappa shape index (κ2) is 18.7. The van der Waals surface area contributed by atoms with Gasteiger partial charge in [0.2, 0.25) is 0 Å². The van der Waals surface area contributed by atoms with Crippen molar-refractivity contribution < 1.29 is 0 Å². The van der Waals surface area contributed by atoms with Gasteiger partial charge in [-0.3, -0.25) is 0 Å². The summed E-state index contributed by atoms with van der Waals surface area (Å²) in [6.45, 7) is 4.85. The van der Waals surface area contributed by atoms with E-state index in [4.69, 9.17) is 0 Å². The summed E-state index contributed by atoms with van der Waals surface area (Å²) in [6, 6.07) is 0. The Kier molecular flexibility index (Phi) is 17.2. The molecule has 0 atom stereocenters. The molecule has 0 radical (unpaired) electrons. The Morgan fingerprint density at radius 2 is 1.00 bits per heavy atom. The zero-order valence-electron chi connectivity index (χ0n) is 17.6. The highest BCUT2D eigenvalue weighted by Gasteiger charge is 2.12. The summed E-state index contributed by atoms with van der Waals surface area (Å²) in [7, 11) is 0. The molecule has 25 heavy (non-hydrogen) atoms. The van der Waals surface area contributed by atoms with Crippen LogP contribution in [0, 0.1) is 5.92 Å². The van der Waals surface area contributed by atoms with E-state index in [0.29, 0.717) is 0 Å². The van der Waals surface area contributed by atoms with E-state index in [1.54, 1.807) is 0 Å². The Morgan fingerprint density at radius 1 is 0.560 bits per heavy atom. The fourth-order valence-electron chi connectivity index (χ4n) is 4.32. The van der Waals surface area contributed by atoms with Gasteiger partial charge in [-0.15, -0.1) is 0 Å². The lowest BCUT2D eigenvalue weighted by Crippen LogP contribution is -2.25. The summed E-state index contributed by atoms with van der Waals surface area (Å²) in [6.07, 6.45) is 29.3. The van der Waals surface area contributed by atoms with E-state index in [1.165, 1.54) is 142 Å². The second-order valence-corrected chi connectivity index (χ2v) is 8.66. The van der Waals surface area contributed by atoms with Crippen molar-refractivity contribution in [3.8, 4) is 0 Å². The second-order valence-electron chi connectivity index (χ2n) is 8.66. The third kappa shape index (κ3) is 15.9. The first-order valence-electron chi connectivity index (χ1n) is 12.1. The molecule has 0 aromatic rings. The molecule has 1 rings (SSSR count). The maximum absolute atomic E-state index is 3.70. The van der Waals surface area contributed by atoms with Gasteiger partial charge < -0.3 is 5.32 Å². The summed E-state index contributed by atoms with van der Waals surface area (Å²) in [5.41, 5.74) is 0. The molecule has 1 fully saturated rings. The van der Waals surface area contributed by atoms with Crippen molar-refractivity contribution in [3.05, 3.63) is 0 Å². The van der Waals surface area contributed by atoms with Gasteiger partial charge in [0, 0.05) is 0 Å². The first kappa shape index (κ1) is 23.0. The maximum atomic E-state index is 3.70. The van der Waals surface area contributed by atoms with Gasteiger partial charge in [0.25, 0.3) is 0 Å². The van der Waals surface area contributed by atoms with Crippen molar-refractivity contribution in [1.82, 2.24) is 5.32 Å². The van der Waals surface area contributed by atoms with Crippen LogP contribution in [0.2, 0.25) is 0 Å². The molecule has 1 aliphatic carbocycles. The van der Waals surface area contributed by atoms with Crippen LogP contribution in [0.5, 0.6) is 0 Å². The van der Waals surface area contributed by atoms with E-state index >= 15 is 0 Å². The molecule has 1 nitrogen and oxygen atoms in total. The van der Waals surface area contributed by atoms with E-state index < -0.39 is 0 Å². The molecule has 0 unspecified atom stereocenters. The number of nitrogens with one attached hydrogen (secondary N) is 1. The van der Waals surface area contributed by atoms with Gasteiger partial charge in [-0.1, -0.05) is 116 Å². The van der Waals surface area contributed by atoms with Crippen molar-refractivity contribution in [3.63, 3.8) is 0 Å². The summed E-state index contributed by atoms with van der Waals surface area (Å²) in [5, 5.41) is 3.70. The Morgan fingerprint density at radius 3 is 1.48 bits per heavy atom. The highest BCUT2D eigenvalue weighted by atomic mass is 14.9. The molecule has 1 N–H and O–H groups in total. The molecule has 0 saturated heterocycles. The molecule has 150 valence electrons. The molecule has 1 saturated carbocycles. The molecule has 0 bridgehead atoms. The summed E-state index contributed by atoms with van der Waals surface area (Å²) >= 11 is 0. The van der Waals surface area contributed by atoms with Crippen LogP contribution < -0.4 is 5.32 Å². The van der Waals surface area contributed by atoms with Gasteiger partial charge in [0.05, 0.1) is 0 Å². The van der Waals surface area contributed by atoms with E-state index in [2.05, 4.69) is 12.2 Å². The topological polar surface area (TPSA) is 12.0 Å². The highest BCUT2D eigenvalue weighted by molar-refractivity contribution is 4.67. The fourth-order valence-corrected chi connectivity index (χ4v) is 4.32. The van der Waals surface area contributed by atoms with Gasteiger partial charge in [-0.25, -0.2) is 0 Å². The van der Waals surface area contributed by atoms with Gasteiger partial charge in [-0.2, -0.15) is 0 Å². The van der Waals surface area contributed by atoms with Crippen LogP contribution in [0.1, 0.15) is 135 Å². The van der Waals surface area contributed by atoms with Crippen LogP contribution in [-0.4, -0.2) is 13.1 Å². The quantitative estimate of drug-likeness (QED) is 0.246. The highest BCUT2D eigenvalue weighted by Crippen LogP contribution is 2.22. The molecule has 1 aliphatic rings. The van der Waals surface area contributed by atoms with Gasteiger partial charge in [-0.05, 0) is 38.3 Å². The average Bonchev–Trinajstić information content (AvgIpc) is 2.65. The predicted molar refractivity (Wildman–Crippen MR) is 114 cm³/mol.